The van der Waals surface area contributed by atoms with Crippen LogP contribution in [0.4, 0.5) is 0 Å². The maximum Gasteiger partial charge on any atom is 0.132 e. The van der Waals surface area contributed by atoms with Crippen molar-refractivity contribution in [3.8, 4) is 11.8 Å². The Bertz CT molecular complexity index is 616. The summed E-state index contributed by atoms with van der Waals surface area (Å²) in [5, 5.41) is 8.86. The third-order valence-electron chi connectivity index (χ3n) is 2.92. The Morgan fingerprint density at radius 3 is 2.68 bits per heavy atom. The molecule has 0 bridgehead atoms. The van der Waals surface area contributed by atoms with Gasteiger partial charge in [-0.15, -0.1) is 11.8 Å². The van der Waals surface area contributed by atoms with Gasteiger partial charge in [-0.1, -0.05) is 18.2 Å². The summed E-state index contributed by atoms with van der Waals surface area (Å²) in [5.74, 6) is 1.77. The van der Waals surface area contributed by atoms with Gasteiger partial charge < -0.3 is 4.74 Å². The van der Waals surface area contributed by atoms with E-state index in [2.05, 4.69) is 12.1 Å². The monoisotopic (exact) mass is 269 g/mol. The lowest BCUT2D eigenvalue weighted by molar-refractivity contribution is 0.405. The number of nitrogens with zero attached hydrogens (tertiary/aromatic N) is 1. The summed E-state index contributed by atoms with van der Waals surface area (Å²) in [7, 11) is 1.69. The molecule has 0 heterocycles. The first-order chi connectivity index (χ1) is 9.24. The smallest absolute Gasteiger partial charge is 0.132 e. The average molecular weight is 269 g/mol. The van der Waals surface area contributed by atoms with E-state index in [1.54, 1.807) is 18.9 Å². The quantitative estimate of drug-likeness (QED) is 0.781. The number of methoxy groups -OCH3 is 1. The zero-order valence-electron chi connectivity index (χ0n) is 11.0. The van der Waals surface area contributed by atoms with Crippen molar-refractivity contribution in [3.05, 3.63) is 59.2 Å². The molecule has 2 nitrogen and oxygen atoms in total. The Morgan fingerprint density at radius 1 is 1.21 bits per heavy atom. The predicted octanol–water partition coefficient (Wildman–Crippen LogP) is 4.17. The molecule has 0 aromatic heterocycles. The van der Waals surface area contributed by atoms with E-state index in [1.165, 1.54) is 5.56 Å². The SMILES string of the molecule is COc1ccccc1SCc1ccc(C#N)cc1C. The Labute approximate surface area is 118 Å². The highest BCUT2D eigenvalue weighted by molar-refractivity contribution is 7.98. The summed E-state index contributed by atoms with van der Waals surface area (Å²) in [6.07, 6.45) is 0. The van der Waals surface area contributed by atoms with Gasteiger partial charge >= 0.3 is 0 Å². The number of benzene rings is 2. The molecule has 0 aliphatic rings. The van der Waals surface area contributed by atoms with Crippen LogP contribution < -0.4 is 4.74 Å². The Kier molecular flexibility index (Phi) is 4.48. The molecule has 2 rings (SSSR count). The molecule has 0 fully saturated rings. The van der Waals surface area contributed by atoms with Crippen molar-refractivity contribution in [3.63, 3.8) is 0 Å². The Morgan fingerprint density at radius 2 is 2.00 bits per heavy atom. The standard InChI is InChI=1S/C16H15NOS/c1-12-9-13(10-17)7-8-14(12)11-19-16-6-4-3-5-15(16)18-2/h3-9H,11H2,1-2H3. The van der Waals surface area contributed by atoms with Crippen LogP contribution in [0.5, 0.6) is 5.75 Å². The third-order valence-corrected chi connectivity index (χ3v) is 4.03. The van der Waals surface area contributed by atoms with Gasteiger partial charge in [0, 0.05) is 10.6 Å². The maximum atomic E-state index is 8.86. The van der Waals surface area contributed by atoms with Crippen LogP contribution in [0.15, 0.2) is 47.4 Å². The molecule has 0 saturated heterocycles. The van der Waals surface area contributed by atoms with Crippen LogP contribution in [0.3, 0.4) is 0 Å². The average Bonchev–Trinajstić information content (AvgIpc) is 2.46. The molecule has 0 amide bonds. The number of ether oxygens (including phenoxy) is 1. The van der Waals surface area contributed by atoms with Crippen LogP contribution in [0.25, 0.3) is 0 Å². The zero-order valence-corrected chi connectivity index (χ0v) is 11.8. The zero-order chi connectivity index (χ0) is 13.7. The van der Waals surface area contributed by atoms with E-state index in [1.807, 2.05) is 43.3 Å². The first kappa shape index (κ1) is 13.5. The van der Waals surface area contributed by atoms with Crippen molar-refractivity contribution >= 4 is 11.8 Å². The molecular formula is C16H15NOS. The van der Waals surface area contributed by atoms with Crippen molar-refractivity contribution in [2.45, 2.75) is 17.6 Å². The predicted molar refractivity (Wildman–Crippen MR) is 78.4 cm³/mol. The lowest BCUT2D eigenvalue weighted by atomic mass is 10.1. The van der Waals surface area contributed by atoms with Gasteiger partial charge in [0.05, 0.1) is 18.7 Å². The largest absolute Gasteiger partial charge is 0.496 e. The van der Waals surface area contributed by atoms with Gasteiger partial charge in [-0.05, 0) is 42.3 Å². The van der Waals surface area contributed by atoms with Crippen LogP contribution in [0, 0.1) is 18.3 Å². The van der Waals surface area contributed by atoms with Gasteiger partial charge in [-0.3, -0.25) is 0 Å². The summed E-state index contributed by atoms with van der Waals surface area (Å²) in [5.41, 5.74) is 3.11. The first-order valence-corrected chi connectivity index (χ1v) is 6.98. The lowest BCUT2D eigenvalue weighted by Gasteiger charge is -2.09. The highest BCUT2D eigenvalue weighted by atomic mass is 32.2. The van der Waals surface area contributed by atoms with E-state index in [0.717, 1.165) is 22.0 Å². The van der Waals surface area contributed by atoms with Gasteiger partial charge in [0.15, 0.2) is 0 Å². The summed E-state index contributed by atoms with van der Waals surface area (Å²) in [4.78, 5) is 1.13. The van der Waals surface area contributed by atoms with Crippen molar-refractivity contribution in [1.82, 2.24) is 0 Å². The second kappa shape index (κ2) is 6.31. The molecule has 0 N–H and O–H groups in total. The van der Waals surface area contributed by atoms with Crippen LogP contribution in [-0.4, -0.2) is 7.11 Å². The van der Waals surface area contributed by atoms with E-state index >= 15 is 0 Å². The molecule has 3 heteroatoms. The fourth-order valence-corrected chi connectivity index (χ4v) is 2.92. The fraction of sp³-hybridized carbons (Fsp3) is 0.188. The molecule has 0 aliphatic carbocycles. The second-order valence-corrected chi connectivity index (χ2v) is 5.21. The molecule has 0 saturated carbocycles. The molecule has 2 aromatic carbocycles. The van der Waals surface area contributed by atoms with Crippen molar-refractivity contribution in [1.29, 1.82) is 5.26 Å². The van der Waals surface area contributed by atoms with E-state index in [0.29, 0.717) is 5.56 Å². The van der Waals surface area contributed by atoms with E-state index in [-0.39, 0.29) is 0 Å². The van der Waals surface area contributed by atoms with Crippen LogP contribution >= 0.6 is 11.8 Å². The molecule has 96 valence electrons. The molecule has 2 aromatic rings. The number of nitriles is 1. The molecular weight excluding hydrogens is 254 g/mol. The highest BCUT2D eigenvalue weighted by Gasteiger charge is 2.05. The van der Waals surface area contributed by atoms with Gasteiger partial charge in [0.2, 0.25) is 0 Å². The fourth-order valence-electron chi connectivity index (χ4n) is 1.82. The lowest BCUT2D eigenvalue weighted by Crippen LogP contribution is -1.90. The molecule has 0 unspecified atom stereocenters. The summed E-state index contributed by atoms with van der Waals surface area (Å²) < 4.78 is 5.34. The van der Waals surface area contributed by atoms with Gasteiger partial charge in [0.25, 0.3) is 0 Å². The summed E-state index contributed by atoms with van der Waals surface area (Å²) in [6.45, 7) is 2.04. The number of hydrogen-bond donors (Lipinski definition) is 0. The minimum absolute atomic E-state index is 0.712. The van der Waals surface area contributed by atoms with Crippen molar-refractivity contribution in [2.24, 2.45) is 0 Å². The molecule has 0 spiro atoms. The molecule has 0 aliphatic heterocycles. The van der Waals surface area contributed by atoms with Gasteiger partial charge in [-0.2, -0.15) is 5.26 Å². The van der Waals surface area contributed by atoms with Gasteiger partial charge in [-0.25, -0.2) is 0 Å². The highest BCUT2D eigenvalue weighted by Crippen LogP contribution is 2.31. The number of hydrogen-bond acceptors (Lipinski definition) is 3. The third kappa shape index (κ3) is 3.30. The van der Waals surface area contributed by atoms with Gasteiger partial charge in [0.1, 0.15) is 5.75 Å². The van der Waals surface area contributed by atoms with Crippen LogP contribution in [0.1, 0.15) is 16.7 Å². The molecule has 0 atom stereocenters. The Balaban J connectivity index is 2.13. The first-order valence-electron chi connectivity index (χ1n) is 6.00. The Hall–Kier alpha value is -1.92. The van der Waals surface area contributed by atoms with E-state index in [9.17, 15) is 0 Å². The topological polar surface area (TPSA) is 33.0 Å². The summed E-state index contributed by atoms with van der Waals surface area (Å²) >= 11 is 1.74. The van der Waals surface area contributed by atoms with Crippen molar-refractivity contribution in [2.75, 3.05) is 7.11 Å². The molecule has 19 heavy (non-hydrogen) atoms. The summed E-state index contributed by atoms with van der Waals surface area (Å²) in [6, 6.07) is 16.0. The second-order valence-electron chi connectivity index (χ2n) is 4.19. The minimum Gasteiger partial charge on any atom is -0.496 e. The van der Waals surface area contributed by atoms with E-state index < -0.39 is 0 Å². The number of aryl methyl sites for hydroxylation is 1. The number of para-hydroxylation sites is 1. The van der Waals surface area contributed by atoms with E-state index in [4.69, 9.17) is 10.00 Å². The molecule has 0 radical (unpaired) electrons. The number of thioether (sulfide) groups is 1. The maximum absolute atomic E-state index is 8.86. The van der Waals surface area contributed by atoms with Crippen LogP contribution in [-0.2, 0) is 5.75 Å². The van der Waals surface area contributed by atoms with Crippen molar-refractivity contribution < 1.29 is 4.74 Å². The van der Waals surface area contributed by atoms with Crippen LogP contribution in [0.2, 0.25) is 0 Å². The number of rotatable bonds is 4. The normalized spacial score (nSPS) is 9.95. The minimum atomic E-state index is 0.712.